The lowest BCUT2D eigenvalue weighted by Gasteiger charge is -2.26. The molecule has 1 fully saturated rings. The van der Waals surface area contributed by atoms with E-state index in [2.05, 4.69) is 19.6 Å². The first-order valence-electron chi connectivity index (χ1n) is 5.59. The molecule has 0 amide bonds. The first-order valence-corrected chi connectivity index (χ1v) is 7.48. The molecule has 0 bridgehead atoms. The van der Waals surface area contributed by atoms with E-state index < -0.39 is 10.0 Å². The second-order valence-electron chi connectivity index (χ2n) is 4.19. The zero-order chi connectivity index (χ0) is 12.3. The summed E-state index contributed by atoms with van der Waals surface area (Å²) in [5, 5.41) is 0. The van der Waals surface area contributed by atoms with Gasteiger partial charge in [0, 0.05) is 13.1 Å². The molecule has 0 saturated carbocycles. The maximum absolute atomic E-state index is 11.0. The number of hydrogen-bond acceptors (Lipinski definition) is 5. The largest absolute Gasteiger partial charge is 0.341 e. The van der Waals surface area contributed by atoms with E-state index in [0.29, 0.717) is 11.6 Å². The summed E-state index contributed by atoms with van der Waals surface area (Å²) in [6.45, 7) is 1.94. The van der Waals surface area contributed by atoms with Crippen LogP contribution in [0.5, 0.6) is 0 Å². The van der Waals surface area contributed by atoms with Gasteiger partial charge in [-0.25, -0.2) is 18.4 Å². The van der Waals surface area contributed by atoms with Crippen molar-refractivity contribution >= 4 is 21.7 Å². The van der Waals surface area contributed by atoms with Gasteiger partial charge in [-0.05, 0) is 19.3 Å². The van der Waals surface area contributed by atoms with Crippen molar-refractivity contribution in [3.8, 4) is 0 Å². The van der Waals surface area contributed by atoms with Crippen molar-refractivity contribution in [3.63, 3.8) is 0 Å². The molecule has 1 aromatic heterocycles. The number of nitrogens with zero attached hydrogens (tertiary/aromatic N) is 3. The highest BCUT2D eigenvalue weighted by atomic mass is 32.2. The SMILES string of the molecule is CS(=O)(=O)Nc1cnc(N2CCCCC2)nc1. The Hall–Kier alpha value is -1.37. The van der Waals surface area contributed by atoms with Crippen LogP contribution in [0.1, 0.15) is 19.3 Å². The van der Waals surface area contributed by atoms with Gasteiger partial charge in [-0.2, -0.15) is 0 Å². The van der Waals surface area contributed by atoms with Crippen molar-refractivity contribution in [1.82, 2.24) is 9.97 Å². The van der Waals surface area contributed by atoms with E-state index in [-0.39, 0.29) is 0 Å². The van der Waals surface area contributed by atoms with Gasteiger partial charge in [-0.15, -0.1) is 0 Å². The summed E-state index contributed by atoms with van der Waals surface area (Å²) in [6.07, 6.45) is 7.67. The van der Waals surface area contributed by atoms with E-state index in [0.717, 1.165) is 32.2 Å². The van der Waals surface area contributed by atoms with Crippen molar-refractivity contribution in [3.05, 3.63) is 12.4 Å². The van der Waals surface area contributed by atoms with Crippen LogP contribution in [-0.4, -0.2) is 37.7 Å². The maximum atomic E-state index is 11.0. The Morgan fingerprint density at radius 3 is 2.29 bits per heavy atom. The third-order valence-electron chi connectivity index (χ3n) is 2.58. The zero-order valence-electron chi connectivity index (χ0n) is 9.76. The molecule has 0 atom stereocenters. The lowest BCUT2D eigenvalue weighted by molar-refractivity contribution is 0.568. The van der Waals surface area contributed by atoms with E-state index in [1.807, 2.05) is 0 Å². The molecular weight excluding hydrogens is 240 g/mol. The minimum atomic E-state index is -3.26. The molecule has 1 aliphatic rings. The fourth-order valence-corrected chi connectivity index (χ4v) is 2.38. The summed E-state index contributed by atoms with van der Waals surface area (Å²) in [5.41, 5.74) is 0.397. The van der Waals surface area contributed by atoms with Gasteiger partial charge < -0.3 is 4.90 Å². The van der Waals surface area contributed by atoms with Gasteiger partial charge in [0.25, 0.3) is 0 Å². The van der Waals surface area contributed by atoms with Crippen molar-refractivity contribution < 1.29 is 8.42 Å². The van der Waals surface area contributed by atoms with E-state index in [1.54, 1.807) is 0 Å². The van der Waals surface area contributed by atoms with E-state index in [9.17, 15) is 8.42 Å². The van der Waals surface area contributed by atoms with Crippen LogP contribution in [0.25, 0.3) is 0 Å². The van der Waals surface area contributed by atoms with Crippen molar-refractivity contribution in [2.45, 2.75) is 19.3 Å². The molecular formula is C10H16N4O2S. The minimum Gasteiger partial charge on any atom is -0.341 e. The first kappa shape index (κ1) is 12.1. The molecule has 1 saturated heterocycles. The van der Waals surface area contributed by atoms with Crippen LogP contribution in [0, 0.1) is 0 Å². The van der Waals surface area contributed by atoms with Gasteiger partial charge in [-0.1, -0.05) is 0 Å². The Morgan fingerprint density at radius 1 is 1.18 bits per heavy atom. The molecule has 1 aliphatic heterocycles. The summed E-state index contributed by atoms with van der Waals surface area (Å²) in [4.78, 5) is 10.5. The Balaban J connectivity index is 2.07. The first-order chi connectivity index (χ1) is 8.04. The number of aromatic nitrogens is 2. The number of sulfonamides is 1. The quantitative estimate of drug-likeness (QED) is 0.867. The highest BCUT2D eigenvalue weighted by Crippen LogP contribution is 2.16. The fourth-order valence-electron chi connectivity index (χ4n) is 1.85. The second-order valence-corrected chi connectivity index (χ2v) is 5.94. The molecule has 0 radical (unpaired) electrons. The highest BCUT2D eigenvalue weighted by molar-refractivity contribution is 7.92. The van der Waals surface area contributed by atoms with Crippen molar-refractivity contribution in [2.24, 2.45) is 0 Å². The van der Waals surface area contributed by atoms with Gasteiger partial charge in [0.1, 0.15) is 0 Å². The second kappa shape index (κ2) is 4.87. The van der Waals surface area contributed by atoms with Crippen LogP contribution >= 0.6 is 0 Å². The Labute approximate surface area is 101 Å². The summed E-state index contributed by atoms with van der Waals surface area (Å²) in [6, 6.07) is 0. The topological polar surface area (TPSA) is 75.2 Å². The average Bonchev–Trinajstić information content (AvgIpc) is 2.29. The van der Waals surface area contributed by atoms with Crippen LogP contribution in [0.15, 0.2) is 12.4 Å². The molecule has 2 heterocycles. The van der Waals surface area contributed by atoms with Crippen LogP contribution in [0.4, 0.5) is 11.6 Å². The molecule has 0 spiro atoms. The lowest BCUT2D eigenvalue weighted by Crippen LogP contribution is -2.30. The molecule has 17 heavy (non-hydrogen) atoms. The lowest BCUT2D eigenvalue weighted by atomic mass is 10.1. The van der Waals surface area contributed by atoms with E-state index >= 15 is 0 Å². The van der Waals surface area contributed by atoms with Gasteiger partial charge in [0.2, 0.25) is 16.0 Å². The minimum absolute atomic E-state index is 0.397. The van der Waals surface area contributed by atoms with Crippen LogP contribution in [-0.2, 0) is 10.0 Å². The van der Waals surface area contributed by atoms with E-state index in [1.165, 1.54) is 18.8 Å². The number of hydrogen-bond donors (Lipinski definition) is 1. The average molecular weight is 256 g/mol. The van der Waals surface area contributed by atoms with Gasteiger partial charge in [0.15, 0.2) is 0 Å². The third-order valence-corrected chi connectivity index (χ3v) is 3.19. The molecule has 1 N–H and O–H groups in total. The predicted molar refractivity (Wildman–Crippen MR) is 66.6 cm³/mol. The molecule has 1 aromatic rings. The van der Waals surface area contributed by atoms with Crippen LogP contribution in [0.2, 0.25) is 0 Å². The summed E-state index contributed by atoms with van der Waals surface area (Å²) >= 11 is 0. The van der Waals surface area contributed by atoms with Crippen molar-refractivity contribution in [2.75, 3.05) is 29.0 Å². The monoisotopic (exact) mass is 256 g/mol. The molecule has 0 unspecified atom stereocenters. The predicted octanol–water partition coefficient (Wildman–Crippen LogP) is 0.838. The molecule has 7 heteroatoms. The molecule has 2 rings (SSSR count). The summed E-state index contributed by atoms with van der Waals surface area (Å²) < 4.78 is 24.4. The standard InChI is InChI=1S/C10H16N4O2S/c1-17(15,16)13-9-7-11-10(12-8-9)14-5-3-2-4-6-14/h7-8,13H,2-6H2,1H3. The van der Waals surface area contributed by atoms with Crippen molar-refractivity contribution in [1.29, 1.82) is 0 Å². The fraction of sp³-hybridized carbons (Fsp3) is 0.600. The maximum Gasteiger partial charge on any atom is 0.229 e. The summed E-state index contributed by atoms with van der Waals surface area (Å²) in [5.74, 6) is 0.670. The number of nitrogens with one attached hydrogen (secondary N) is 1. The number of rotatable bonds is 3. The van der Waals surface area contributed by atoms with E-state index in [4.69, 9.17) is 0 Å². The smallest absolute Gasteiger partial charge is 0.229 e. The molecule has 94 valence electrons. The van der Waals surface area contributed by atoms with Gasteiger partial charge in [0.05, 0.1) is 24.3 Å². The van der Waals surface area contributed by atoms with Crippen LogP contribution in [0.3, 0.4) is 0 Å². The van der Waals surface area contributed by atoms with Gasteiger partial charge >= 0.3 is 0 Å². The number of piperidine rings is 1. The van der Waals surface area contributed by atoms with Gasteiger partial charge in [-0.3, -0.25) is 4.72 Å². The molecule has 6 nitrogen and oxygen atoms in total. The normalized spacial score (nSPS) is 16.9. The Kier molecular flexibility index (Phi) is 3.46. The molecule has 0 aromatic carbocycles. The third kappa shape index (κ3) is 3.55. The van der Waals surface area contributed by atoms with Crippen LogP contribution < -0.4 is 9.62 Å². The highest BCUT2D eigenvalue weighted by Gasteiger charge is 2.13. The molecule has 0 aliphatic carbocycles. The Bertz CT molecular complexity index is 466. The zero-order valence-corrected chi connectivity index (χ0v) is 10.6. The Morgan fingerprint density at radius 2 is 1.76 bits per heavy atom. The summed E-state index contributed by atoms with van der Waals surface area (Å²) in [7, 11) is -3.26. The number of anilines is 2.